The van der Waals surface area contributed by atoms with Crippen LogP contribution in [0.25, 0.3) is 111 Å². The van der Waals surface area contributed by atoms with Gasteiger partial charge in [-0.1, -0.05) is 109 Å². The summed E-state index contributed by atoms with van der Waals surface area (Å²) in [7, 11) is 0. The molecule has 5 nitrogen and oxygen atoms in total. The van der Waals surface area contributed by atoms with E-state index in [1.807, 2.05) is 36.4 Å². The maximum atomic E-state index is 6.48. The van der Waals surface area contributed by atoms with Gasteiger partial charge >= 0.3 is 0 Å². The molecule has 0 unspecified atom stereocenters. The predicted molar refractivity (Wildman–Crippen MR) is 211 cm³/mol. The maximum Gasteiger partial charge on any atom is 0.164 e. The van der Waals surface area contributed by atoms with Gasteiger partial charge in [0.2, 0.25) is 0 Å². The largest absolute Gasteiger partial charge is 0.456 e. The number of benzene rings is 8. The van der Waals surface area contributed by atoms with Crippen molar-refractivity contribution in [3.05, 3.63) is 164 Å². The van der Waals surface area contributed by atoms with Crippen LogP contribution in [-0.4, -0.2) is 15.0 Å². The molecule has 0 atom stereocenters. The van der Waals surface area contributed by atoms with Crippen LogP contribution in [0.4, 0.5) is 0 Å². The monoisotopic (exact) mass is 665 g/mol. The van der Waals surface area contributed by atoms with Crippen LogP contribution >= 0.6 is 0 Å². The van der Waals surface area contributed by atoms with Gasteiger partial charge in [0.05, 0.1) is 0 Å². The first-order chi connectivity index (χ1) is 25.7. The van der Waals surface area contributed by atoms with Gasteiger partial charge in [0.25, 0.3) is 0 Å². The van der Waals surface area contributed by atoms with E-state index in [4.69, 9.17) is 23.8 Å². The Morgan fingerprint density at radius 2 is 0.904 bits per heavy atom. The maximum absolute atomic E-state index is 6.48. The molecule has 52 heavy (non-hydrogen) atoms. The molecule has 0 saturated heterocycles. The Bertz CT molecular complexity index is 3190. The number of aromatic nitrogens is 3. The summed E-state index contributed by atoms with van der Waals surface area (Å²) in [5.74, 6) is 1.75. The summed E-state index contributed by atoms with van der Waals surface area (Å²) >= 11 is 0. The molecule has 3 aromatic heterocycles. The molecule has 0 aliphatic heterocycles. The Morgan fingerprint density at radius 3 is 1.73 bits per heavy atom. The molecule has 0 aliphatic carbocycles. The third-order valence-electron chi connectivity index (χ3n) is 10.1. The molecule has 0 spiro atoms. The normalized spacial score (nSPS) is 11.8. The standard InChI is InChI=1S/C47H27N3O2/c1-2-10-28(11-3-1)35-25-39(44-36-16-8-9-17-40(36)52-43(44)27-35)47-49-45(33-19-18-29-12-4-5-13-30(29)22-33)48-46(50-47)34-20-21-41-37(24-34)38-23-31-14-6-7-15-32(31)26-42(38)51-41/h1-27H. The zero-order valence-electron chi connectivity index (χ0n) is 27.7. The van der Waals surface area contributed by atoms with Crippen LogP contribution in [0.1, 0.15) is 0 Å². The molecule has 0 bridgehead atoms. The van der Waals surface area contributed by atoms with E-state index in [0.29, 0.717) is 17.5 Å². The zero-order chi connectivity index (χ0) is 34.2. The van der Waals surface area contributed by atoms with E-state index >= 15 is 0 Å². The first kappa shape index (κ1) is 28.7. The van der Waals surface area contributed by atoms with Crippen LogP contribution in [-0.2, 0) is 0 Å². The number of fused-ring (bicyclic) bond motifs is 8. The Labute approximate surface area is 297 Å². The van der Waals surface area contributed by atoms with Gasteiger partial charge in [-0.15, -0.1) is 0 Å². The van der Waals surface area contributed by atoms with Crippen LogP contribution in [0.5, 0.6) is 0 Å². The molecule has 242 valence electrons. The Kier molecular flexibility index (Phi) is 6.18. The van der Waals surface area contributed by atoms with Gasteiger partial charge in [-0.2, -0.15) is 0 Å². The smallest absolute Gasteiger partial charge is 0.164 e. The van der Waals surface area contributed by atoms with Crippen LogP contribution in [0.15, 0.2) is 173 Å². The molecule has 0 aliphatic rings. The quantitative estimate of drug-likeness (QED) is 0.187. The van der Waals surface area contributed by atoms with E-state index in [1.165, 1.54) is 5.39 Å². The fourth-order valence-electron chi connectivity index (χ4n) is 7.51. The average Bonchev–Trinajstić information content (AvgIpc) is 3.77. The van der Waals surface area contributed by atoms with Gasteiger partial charge in [0.1, 0.15) is 22.3 Å². The van der Waals surface area contributed by atoms with Crippen LogP contribution < -0.4 is 0 Å². The van der Waals surface area contributed by atoms with Crippen LogP contribution in [0, 0.1) is 0 Å². The van der Waals surface area contributed by atoms with Gasteiger partial charge in [0.15, 0.2) is 17.5 Å². The highest BCUT2D eigenvalue weighted by atomic mass is 16.3. The summed E-state index contributed by atoms with van der Waals surface area (Å²) in [6.45, 7) is 0. The summed E-state index contributed by atoms with van der Waals surface area (Å²) in [6.07, 6.45) is 0. The Morgan fingerprint density at radius 1 is 0.308 bits per heavy atom. The van der Waals surface area contributed by atoms with Crippen molar-refractivity contribution < 1.29 is 8.83 Å². The van der Waals surface area contributed by atoms with Gasteiger partial charge in [0, 0.05) is 38.2 Å². The minimum absolute atomic E-state index is 0.575. The molecule has 11 aromatic rings. The molecule has 0 radical (unpaired) electrons. The Balaban J connectivity index is 1.19. The summed E-state index contributed by atoms with van der Waals surface area (Å²) in [5, 5.41) is 8.65. The molecular weight excluding hydrogens is 639 g/mol. The second-order valence-corrected chi connectivity index (χ2v) is 13.2. The van der Waals surface area contributed by atoms with Crippen molar-refractivity contribution in [3.63, 3.8) is 0 Å². The minimum atomic E-state index is 0.575. The first-order valence-electron chi connectivity index (χ1n) is 17.3. The van der Waals surface area contributed by atoms with Gasteiger partial charge in [-0.25, -0.2) is 15.0 Å². The summed E-state index contributed by atoms with van der Waals surface area (Å²) in [4.78, 5) is 15.7. The number of nitrogens with zero attached hydrogens (tertiary/aromatic N) is 3. The van der Waals surface area contributed by atoms with E-state index < -0.39 is 0 Å². The first-order valence-corrected chi connectivity index (χ1v) is 17.3. The van der Waals surface area contributed by atoms with Crippen LogP contribution in [0.3, 0.4) is 0 Å². The highest BCUT2D eigenvalue weighted by Gasteiger charge is 2.20. The van der Waals surface area contributed by atoms with Crippen molar-refractivity contribution in [2.45, 2.75) is 0 Å². The van der Waals surface area contributed by atoms with E-state index in [2.05, 4.69) is 127 Å². The lowest BCUT2D eigenvalue weighted by atomic mass is 9.98. The zero-order valence-corrected chi connectivity index (χ0v) is 27.7. The van der Waals surface area contributed by atoms with E-state index in [9.17, 15) is 0 Å². The molecule has 0 saturated carbocycles. The molecular formula is C47H27N3O2. The number of hydrogen-bond donors (Lipinski definition) is 0. The third kappa shape index (κ3) is 4.60. The van der Waals surface area contributed by atoms with E-state index in [-0.39, 0.29) is 0 Å². The fraction of sp³-hybridized carbons (Fsp3) is 0. The third-order valence-corrected chi connectivity index (χ3v) is 10.1. The lowest BCUT2D eigenvalue weighted by Gasteiger charge is -2.11. The molecule has 3 heterocycles. The highest BCUT2D eigenvalue weighted by molar-refractivity contribution is 6.13. The van der Waals surface area contributed by atoms with Crippen molar-refractivity contribution in [1.82, 2.24) is 15.0 Å². The molecule has 0 fully saturated rings. The van der Waals surface area contributed by atoms with Crippen molar-refractivity contribution in [3.8, 4) is 45.3 Å². The lowest BCUT2D eigenvalue weighted by molar-refractivity contribution is 0.669. The number of furan rings is 2. The van der Waals surface area contributed by atoms with Crippen molar-refractivity contribution in [1.29, 1.82) is 0 Å². The summed E-state index contributed by atoms with van der Waals surface area (Å²) in [5.41, 5.74) is 8.05. The predicted octanol–water partition coefficient (Wildman–Crippen LogP) is 12.6. The van der Waals surface area contributed by atoms with Crippen molar-refractivity contribution in [2.75, 3.05) is 0 Å². The SMILES string of the molecule is c1ccc(-c2cc(-c3nc(-c4ccc5ccccc5c4)nc(-c4ccc5oc6cc7ccccc7cc6c5c4)n3)c3c(c2)oc2ccccc23)cc1. The second-order valence-electron chi connectivity index (χ2n) is 13.2. The van der Waals surface area contributed by atoms with E-state index in [1.54, 1.807) is 0 Å². The van der Waals surface area contributed by atoms with Gasteiger partial charge < -0.3 is 8.83 Å². The molecule has 0 amide bonds. The van der Waals surface area contributed by atoms with Gasteiger partial charge in [-0.05, 0) is 87.3 Å². The lowest BCUT2D eigenvalue weighted by Crippen LogP contribution is -2.01. The number of para-hydroxylation sites is 1. The average molecular weight is 666 g/mol. The topological polar surface area (TPSA) is 65.0 Å². The number of rotatable bonds is 4. The Hall–Kier alpha value is -7.11. The van der Waals surface area contributed by atoms with Gasteiger partial charge in [-0.3, -0.25) is 0 Å². The van der Waals surface area contributed by atoms with Crippen LogP contribution in [0.2, 0.25) is 0 Å². The van der Waals surface area contributed by atoms with Crippen molar-refractivity contribution >= 4 is 65.4 Å². The van der Waals surface area contributed by atoms with Crippen molar-refractivity contribution in [2.24, 2.45) is 0 Å². The summed E-state index contributed by atoms with van der Waals surface area (Å²) < 4.78 is 12.8. The molecule has 8 aromatic carbocycles. The minimum Gasteiger partial charge on any atom is -0.456 e. The fourth-order valence-corrected chi connectivity index (χ4v) is 7.51. The molecule has 0 N–H and O–H groups in total. The second kappa shape index (κ2) is 11.2. The molecule has 5 heteroatoms. The highest BCUT2D eigenvalue weighted by Crippen LogP contribution is 2.41. The molecule has 11 rings (SSSR count). The number of hydrogen-bond acceptors (Lipinski definition) is 5. The summed E-state index contributed by atoms with van der Waals surface area (Å²) in [6, 6.07) is 56.4. The van der Waals surface area contributed by atoms with E-state index in [0.717, 1.165) is 87.9 Å².